The standard InChI is InChI=1S/C13H20N2O4S2/c1-9-6-12(7-13(14)10(9)2)21(18,19)15(3)11-4-5-20(16,17)8-11/h6-7,11H,4-5,8,14H2,1-3H3. The number of rotatable bonds is 3. The average Bonchev–Trinajstić information content (AvgIpc) is 2.74. The molecule has 0 aliphatic carbocycles. The van der Waals surface area contributed by atoms with Gasteiger partial charge in [0, 0.05) is 18.8 Å². The van der Waals surface area contributed by atoms with Gasteiger partial charge < -0.3 is 5.73 Å². The molecule has 0 amide bonds. The van der Waals surface area contributed by atoms with Crippen molar-refractivity contribution in [1.82, 2.24) is 4.31 Å². The zero-order chi connectivity index (χ0) is 16.0. The van der Waals surface area contributed by atoms with E-state index in [4.69, 9.17) is 5.73 Å². The van der Waals surface area contributed by atoms with Gasteiger partial charge in [0.25, 0.3) is 0 Å². The smallest absolute Gasteiger partial charge is 0.243 e. The predicted molar refractivity (Wildman–Crippen MR) is 82.3 cm³/mol. The first-order chi connectivity index (χ1) is 9.54. The summed E-state index contributed by atoms with van der Waals surface area (Å²) in [5.41, 5.74) is 7.89. The minimum absolute atomic E-state index is 0.0343. The fourth-order valence-corrected chi connectivity index (χ4v) is 5.80. The maximum absolute atomic E-state index is 12.6. The number of hydrogen-bond donors (Lipinski definition) is 1. The van der Waals surface area contributed by atoms with Crippen molar-refractivity contribution in [3.05, 3.63) is 23.3 Å². The fraction of sp³-hybridized carbons (Fsp3) is 0.538. The normalized spacial score (nSPS) is 21.8. The molecule has 6 nitrogen and oxygen atoms in total. The number of nitrogen functional groups attached to an aromatic ring is 1. The van der Waals surface area contributed by atoms with Crippen LogP contribution in [0.15, 0.2) is 17.0 Å². The minimum atomic E-state index is -3.75. The zero-order valence-electron chi connectivity index (χ0n) is 12.3. The molecule has 0 spiro atoms. The van der Waals surface area contributed by atoms with E-state index in [9.17, 15) is 16.8 Å². The molecule has 1 fully saturated rings. The lowest BCUT2D eigenvalue weighted by Crippen LogP contribution is -2.37. The lowest BCUT2D eigenvalue weighted by molar-refractivity contribution is 0.394. The molecule has 1 aromatic carbocycles. The minimum Gasteiger partial charge on any atom is -0.398 e. The molecule has 1 heterocycles. The van der Waals surface area contributed by atoms with Gasteiger partial charge in [-0.2, -0.15) is 4.31 Å². The van der Waals surface area contributed by atoms with Crippen LogP contribution in [-0.2, 0) is 19.9 Å². The van der Waals surface area contributed by atoms with Crippen molar-refractivity contribution in [2.24, 2.45) is 0 Å². The molecule has 1 aliphatic rings. The van der Waals surface area contributed by atoms with Gasteiger partial charge in [0.15, 0.2) is 9.84 Å². The maximum atomic E-state index is 12.6. The number of aryl methyl sites for hydroxylation is 1. The van der Waals surface area contributed by atoms with E-state index in [0.717, 1.165) is 15.4 Å². The SMILES string of the molecule is Cc1cc(S(=O)(=O)N(C)C2CCS(=O)(=O)C2)cc(N)c1C. The number of sulfonamides is 1. The first kappa shape index (κ1) is 16.3. The van der Waals surface area contributed by atoms with E-state index >= 15 is 0 Å². The van der Waals surface area contributed by atoms with E-state index < -0.39 is 25.9 Å². The molecule has 1 unspecified atom stereocenters. The van der Waals surface area contributed by atoms with Crippen molar-refractivity contribution in [1.29, 1.82) is 0 Å². The van der Waals surface area contributed by atoms with Crippen LogP contribution >= 0.6 is 0 Å². The summed E-state index contributed by atoms with van der Waals surface area (Å²) in [5, 5.41) is 0. The summed E-state index contributed by atoms with van der Waals surface area (Å²) < 4.78 is 49.4. The topological polar surface area (TPSA) is 97.5 Å². The maximum Gasteiger partial charge on any atom is 0.243 e. The third-order valence-corrected chi connectivity index (χ3v) is 7.72. The van der Waals surface area contributed by atoms with Crippen molar-refractivity contribution < 1.29 is 16.8 Å². The van der Waals surface area contributed by atoms with Crippen LogP contribution in [0.4, 0.5) is 5.69 Å². The number of nitrogens with two attached hydrogens (primary N) is 1. The van der Waals surface area contributed by atoms with Crippen molar-refractivity contribution in [2.75, 3.05) is 24.3 Å². The van der Waals surface area contributed by atoms with Crippen molar-refractivity contribution in [3.63, 3.8) is 0 Å². The first-order valence-corrected chi connectivity index (χ1v) is 9.86. The number of hydrogen-bond acceptors (Lipinski definition) is 5. The number of sulfone groups is 1. The van der Waals surface area contributed by atoms with Crippen molar-refractivity contribution >= 4 is 25.5 Å². The van der Waals surface area contributed by atoms with Crippen LogP contribution in [0.3, 0.4) is 0 Å². The molecule has 0 aromatic heterocycles. The van der Waals surface area contributed by atoms with Crippen LogP contribution in [0.25, 0.3) is 0 Å². The number of anilines is 1. The van der Waals surface area contributed by atoms with Gasteiger partial charge in [-0.1, -0.05) is 0 Å². The van der Waals surface area contributed by atoms with Gasteiger partial charge in [-0.15, -0.1) is 0 Å². The summed E-state index contributed by atoms with van der Waals surface area (Å²) in [7, 11) is -5.46. The number of benzene rings is 1. The summed E-state index contributed by atoms with van der Waals surface area (Å²) in [6.45, 7) is 3.62. The van der Waals surface area contributed by atoms with Gasteiger partial charge in [0.2, 0.25) is 10.0 Å². The molecule has 2 rings (SSSR count). The molecule has 1 saturated heterocycles. The van der Waals surface area contributed by atoms with E-state index in [2.05, 4.69) is 0 Å². The Kier molecular flexibility index (Phi) is 4.07. The lowest BCUT2D eigenvalue weighted by Gasteiger charge is -2.23. The lowest BCUT2D eigenvalue weighted by atomic mass is 10.1. The van der Waals surface area contributed by atoms with Gasteiger partial charge in [-0.25, -0.2) is 16.8 Å². The highest BCUT2D eigenvalue weighted by molar-refractivity contribution is 7.92. The monoisotopic (exact) mass is 332 g/mol. The third-order valence-electron chi connectivity index (χ3n) is 4.08. The number of nitrogens with zero attached hydrogens (tertiary/aromatic N) is 1. The van der Waals surface area contributed by atoms with Crippen LogP contribution in [0.5, 0.6) is 0 Å². The molecule has 118 valence electrons. The van der Waals surface area contributed by atoms with Gasteiger partial charge >= 0.3 is 0 Å². The van der Waals surface area contributed by atoms with E-state index in [1.54, 1.807) is 13.0 Å². The van der Waals surface area contributed by atoms with Crippen LogP contribution < -0.4 is 5.73 Å². The van der Waals surface area contributed by atoms with Crippen molar-refractivity contribution in [3.8, 4) is 0 Å². The Bertz CT molecular complexity index is 746. The molecule has 8 heteroatoms. The molecule has 2 N–H and O–H groups in total. The van der Waals surface area contributed by atoms with Gasteiger partial charge in [0.05, 0.1) is 16.4 Å². The van der Waals surface area contributed by atoms with Gasteiger partial charge in [0.1, 0.15) is 0 Å². The fourth-order valence-electron chi connectivity index (χ4n) is 2.43. The Balaban J connectivity index is 2.38. The van der Waals surface area contributed by atoms with Crippen LogP contribution in [0.1, 0.15) is 17.5 Å². The summed E-state index contributed by atoms with van der Waals surface area (Å²) >= 11 is 0. The summed E-state index contributed by atoms with van der Waals surface area (Å²) in [6.07, 6.45) is 0.332. The van der Waals surface area contributed by atoms with Crippen LogP contribution in [-0.4, -0.2) is 45.7 Å². The van der Waals surface area contributed by atoms with E-state index in [-0.39, 0.29) is 16.4 Å². The first-order valence-electron chi connectivity index (χ1n) is 6.60. The Morgan fingerprint density at radius 3 is 2.38 bits per heavy atom. The second-order valence-corrected chi connectivity index (χ2v) is 9.76. The highest BCUT2D eigenvalue weighted by atomic mass is 32.2. The third kappa shape index (κ3) is 3.07. The Morgan fingerprint density at radius 2 is 1.90 bits per heavy atom. The molecule has 0 saturated carbocycles. The van der Waals surface area contributed by atoms with Gasteiger partial charge in [-0.05, 0) is 43.5 Å². The van der Waals surface area contributed by atoms with Crippen LogP contribution in [0.2, 0.25) is 0 Å². The molecule has 0 radical (unpaired) electrons. The summed E-state index contributed by atoms with van der Waals surface area (Å²) in [5.74, 6) is -0.0877. The summed E-state index contributed by atoms with van der Waals surface area (Å²) in [6, 6.07) is 2.49. The van der Waals surface area contributed by atoms with Crippen LogP contribution in [0, 0.1) is 13.8 Å². The molecule has 1 aromatic rings. The van der Waals surface area contributed by atoms with Gasteiger partial charge in [-0.3, -0.25) is 0 Å². The molecule has 0 bridgehead atoms. The molecule has 21 heavy (non-hydrogen) atoms. The molecule has 1 atom stereocenters. The molecule has 1 aliphatic heterocycles. The second-order valence-electron chi connectivity index (χ2n) is 5.53. The predicted octanol–water partition coefficient (Wildman–Crippen LogP) is 0.693. The van der Waals surface area contributed by atoms with E-state index in [1.807, 2.05) is 6.92 Å². The Hall–Kier alpha value is -1.12. The Morgan fingerprint density at radius 1 is 1.29 bits per heavy atom. The van der Waals surface area contributed by atoms with E-state index in [1.165, 1.54) is 13.1 Å². The van der Waals surface area contributed by atoms with E-state index in [0.29, 0.717) is 12.1 Å². The average molecular weight is 332 g/mol. The largest absolute Gasteiger partial charge is 0.398 e. The quantitative estimate of drug-likeness (QED) is 0.822. The second kappa shape index (κ2) is 5.26. The molecular formula is C13H20N2O4S2. The van der Waals surface area contributed by atoms with Crippen molar-refractivity contribution in [2.45, 2.75) is 31.2 Å². The highest BCUT2D eigenvalue weighted by Gasteiger charge is 2.36. The summed E-state index contributed by atoms with van der Waals surface area (Å²) in [4.78, 5) is 0.106. The Labute approximate surface area is 125 Å². The highest BCUT2D eigenvalue weighted by Crippen LogP contribution is 2.27. The zero-order valence-corrected chi connectivity index (χ0v) is 14.0. The molecular weight excluding hydrogens is 312 g/mol.